The molecule has 0 saturated carbocycles. The number of rotatable bonds is 10. The van der Waals surface area contributed by atoms with Gasteiger partial charge < -0.3 is 5.32 Å². The third kappa shape index (κ3) is 5.96. The van der Waals surface area contributed by atoms with Gasteiger partial charge in [-0.3, -0.25) is 0 Å². The van der Waals surface area contributed by atoms with Gasteiger partial charge in [0.25, 0.3) is 0 Å². The molecule has 0 bridgehead atoms. The van der Waals surface area contributed by atoms with E-state index in [0.717, 1.165) is 13.0 Å². The molecule has 0 aliphatic rings. The van der Waals surface area contributed by atoms with Crippen molar-refractivity contribution < 1.29 is 4.39 Å². The average molecular weight is 314 g/mol. The minimum atomic E-state index is -0.183. The zero-order valence-corrected chi connectivity index (χ0v) is 14.3. The van der Waals surface area contributed by atoms with Crippen molar-refractivity contribution in [2.75, 3.05) is 6.54 Å². The fraction of sp³-hybridized carbons (Fsp3) is 0.667. The van der Waals surface area contributed by atoms with Crippen molar-refractivity contribution in [3.05, 3.63) is 34.6 Å². The molecule has 3 heteroatoms. The molecule has 1 rings (SSSR count). The summed E-state index contributed by atoms with van der Waals surface area (Å²) in [4.78, 5) is 0. The molecule has 21 heavy (non-hydrogen) atoms. The van der Waals surface area contributed by atoms with Gasteiger partial charge in [-0.25, -0.2) is 4.39 Å². The summed E-state index contributed by atoms with van der Waals surface area (Å²) in [6, 6.07) is 5.27. The van der Waals surface area contributed by atoms with Gasteiger partial charge in [-0.1, -0.05) is 51.3 Å². The molecule has 0 radical (unpaired) electrons. The normalized spacial score (nSPS) is 12.9. The Morgan fingerprint density at radius 3 is 2.29 bits per heavy atom. The van der Waals surface area contributed by atoms with Crippen molar-refractivity contribution in [1.29, 1.82) is 0 Å². The predicted molar refractivity (Wildman–Crippen MR) is 90.5 cm³/mol. The Balaban J connectivity index is 2.90. The predicted octanol–water partition coefficient (Wildman–Crippen LogP) is 5.61. The molecule has 1 atom stereocenters. The van der Waals surface area contributed by atoms with E-state index in [9.17, 15) is 4.39 Å². The van der Waals surface area contributed by atoms with Crippen LogP contribution in [0.2, 0.25) is 5.02 Å². The maximum absolute atomic E-state index is 14.1. The lowest BCUT2D eigenvalue weighted by Crippen LogP contribution is -2.39. The van der Waals surface area contributed by atoms with E-state index in [1.165, 1.54) is 31.7 Å². The van der Waals surface area contributed by atoms with E-state index in [1.807, 2.05) is 0 Å². The molecule has 120 valence electrons. The summed E-state index contributed by atoms with van der Waals surface area (Å²) in [6.07, 6.45) is 6.46. The van der Waals surface area contributed by atoms with Gasteiger partial charge in [0.2, 0.25) is 0 Å². The number of benzene rings is 1. The van der Waals surface area contributed by atoms with E-state index < -0.39 is 0 Å². The van der Waals surface area contributed by atoms with Gasteiger partial charge in [0.05, 0.1) is 0 Å². The van der Waals surface area contributed by atoms with E-state index in [1.54, 1.807) is 12.1 Å². The second-order valence-corrected chi connectivity index (χ2v) is 6.21. The molecule has 0 fully saturated rings. The fourth-order valence-electron chi connectivity index (χ4n) is 2.97. The highest BCUT2D eigenvalue weighted by Gasteiger charge is 2.22. The summed E-state index contributed by atoms with van der Waals surface area (Å²) in [5.74, 6) is 0.403. The molecule has 1 N–H and O–H groups in total. The molecule has 0 spiro atoms. The Hall–Kier alpha value is -0.600. The summed E-state index contributed by atoms with van der Waals surface area (Å²) in [6.45, 7) is 7.57. The minimum Gasteiger partial charge on any atom is -0.313 e. The highest BCUT2D eigenvalue weighted by Crippen LogP contribution is 2.26. The number of halogens is 2. The molecule has 0 aliphatic carbocycles. The molecule has 1 aromatic rings. The second kappa shape index (κ2) is 10.2. The molecular weight excluding hydrogens is 285 g/mol. The lowest BCUT2D eigenvalue weighted by molar-refractivity contribution is 0.306. The monoisotopic (exact) mass is 313 g/mol. The summed E-state index contributed by atoms with van der Waals surface area (Å²) in [5, 5.41) is 4.16. The van der Waals surface area contributed by atoms with Crippen LogP contribution in [-0.2, 0) is 6.42 Å². The smallest absolute Gasteiger partial charge is 0.127 e. The van der Waals surface area contributed by atoms with Crippen LogP contribution in [0.4, 0.5) is 4.39 Å². The van der Waals surface area contributed by atoms with E-state index >= 15 is 0 Å². The van der Waals surface area contributed by atoms with Crippen LogP contribution in [0, 0.1) is 11.7 Å². The Kier molecular flexibility index (Phi) is 8.94. The zero-order chi connectivity index (χ0) is 15.7. The van der Waals surface area contributed by atoms with Crippen molar-refractivity contribution in [1.82, 2.24) is 5.32 Å². The first-order valence-electron chi connectivity index (χ1n) is 8.30. The Morgan fingerprint density at radius 1 is 1.10 bits per heavy atom. The SMILES string of the molecule is CCCNC(Cc1c(F)cccc1Cl)C(CCC)CCC. The van der Waals surface area contributed by atoms with Crippen LogP contribution in [0.3, 0.4) is 0 Å². The Morgan fingerprint density at radius 2 is 1.76 bits per heavy atom. The second-order valence-electron chi connectivity index (χ2n) is 5.80. The van der Waals surface area contributed by atoms with Crippen molar-refractivity contribution in [3.63, 3.8) is 0 Å². The minimum absolute atomic E-state index is 0.183. The van der Waals surface area contributed by atoms with Crippen LogP contribution in [-0.4, -0.2) is 12.6 Å². The first-order chi connectivity index (χ1) is 10.1. The summed E-state index contributed by atoms with van der Waals surface area (Å²) >= 11 is 6.20. The van der Waals surface area contributed by atoms with Crippen molar-refractivity contribution in [3.8, 4) is 0 Å². The maximum atomic E-state index is 14.1. The van der Waals surface area contributed by atoms with Crippen LogP contribution >= 0.6 is 11.6 Å². The van der Waals surface area contributed by atoms with Gasteiger partial charge in [0, 0.05) is 16.6 Å². The van der Waals surface area contributed by atoms with Crippen LogP contribution in [0.5, 0.6) is 0 Å². The molecule has 1 nitrogen and oxygen atoms in total. The maximum Gasteiger partial charge on any atom is 0.127 e. The van der Waals surface area contributed by atoms with Crippen molar-refractivity contribution in [2.45, 2.75) is 65.3 Å². The van der Waals surface area contributed by atoms with Crippen LogP contribution in [0.25, 0.3) is 0 Å². The third-order valence-corrected chi connectivity index (χ3v) is 4.38. The summed E-state index contributed by atoms with van der Waals surface area (Å²) < 4.78 is 14.1. The van der Waals surface area contributed by atoms with Gasteiger partial charge in [-0.15, -0.1) is 0 Å². The first kappa shape index (κ1) is 18.4. The van der Waals surface area contributed by atoms with Crippen LogP contribution in [0.1, 0.15) is 58.4 Å². The Labute approximate surface area is 134 Å². The third-order valence-electron chi connectivity index (χ3n) is 4.03. The van der Waals surface area contributed by atoms with E-state index in [0.29, 0.717) is 29.0 Å². The highest BCUT2D eigenvalue weighted by atomic mass is 35.5. The molecule has 0 aromatic heterocycles. The van der Waals surface area contributed by atoms with Gasteiger partial charge >= 0.3 is 0 Å². The molecule has 1 unspecified atom stereocenters. The largest absolute Gasteiger partial charge is 0.313 e. The molecule has 0 heterocycles. The average Bonchev–Trinajstić information content (AvgIpc) is 2.46. The lowest BCUT2D eigenvalue weighted by atomic mass is 9.86. The summed E-state index contributed by atoms with van der Waals surface area (Å²) in [7, 11) is 0. The molecule has 0 amide bonds. The quantitative estimate of drug-likeness (QED) is 0.592. The molecular formula is C18H29ClFN. The van der Waals surface area contributed by atoms with Gasteiger partial charge in [-0.2, -0.15) is 0 Å². The van der Waals surface area contributed by atoms with Gasteiger partial charge in [0.1, 0.15) is 5.82 Å². The van der Waals surface area contributed by atoms with E-state index in [-0.39, 0.29) is 5.82 Å². The van der Waals surface area contributed by atoms with Gasteiger partial charge in [0.15, 0.2) is 0 Å². The zero-order valence-electron chi connectivity index (χ0n) is 13.6. The molecule has 1 aromatic carbocycles. The highest BCUT2D eigenvalue weighted by molar-refractivity contribution is 6.31. The number of hydrogen-bond donors (Lipinski definition) is 1. The molecule has 0 aliphatic heterocycles. The lowest BCUT2D eigenvalue weighted by Gasteiger charge is -2.28. The number of hydrogen-bond acceptors (Lipinski definition) is 1. The number of nitrogens with one attached hydrogen (secondary N) is 1. The fourth-order valence-corrected chi connectivity index (χ4v) is 3.21. The summed E-state index contributed by atoms with van der Waals surface area (Å²) in [5.41, 5.74) is 0.657. The van der Waals surface area contributed by atoms with Gasteiger partial charge in [-0.05, 0) is 50.3 Å². The molecule has 0 saturated heterocycles. The Bertz CT molecular complexity index is 382. The standard InChI is InChI=1S/C18H29ClFN/c1-4-8-14(9-5-2)18(21-12-6-3)13-15-16(19)10-7-11-17(15)20/h7,10-11,14,18,21H,4-6,8-9,12-13H2,1-3H3. The topological polar surface area (TPSA) is 12.0 Å². The van der Waals surface area contributed by atoms with E-state index in [2.05, 4.69) is 26.1 Å². The van der Waals surface area contributed by atoms with E-state index in [4.69, 9.17) is 11.6 Å². The first-order valence-corrected chi connectivity index (χ1v) is 8.68. The van der Waals surface area contributed by atoms with Crippen molar-refractivity contribution in [2.24, 2.45) is 5.92 Å². The van der Waals surface area contributed by atoms with Crippen molar-refractivity contribution >= 4 is 11.6 Å². The van der Waals surface area contributed by atoms with Crippen LogP contribution in [0.15, 0.2) is 18.2 Å². The van der Waals surface area contributed by atoms with Crippen LogP contribution < -0.4 is 5.32 Å².